The fraction of sp³-hybridized carbons (Fsp3) is 0.562. The molecule has 2 aliphatic rings. The van der Waals surface area contributed by atoms with Gasteiger partial charge in [0.05, 0.1) is 5.69 Å². The van der Waals surface area contributed by atoms with E-state index in [4.69, 9.17) is 0 Å². The topological polar surface area (TPSA) is 24.9 Å². The van der Waals surface area contributed by atoms with Crippen molar-refractivity contribution >= 4 is 0 Å². The maximum absolute atomic E-state index is 4.45. The third-order valence-electron chi connectivity index (χ3n) is 4.68. The average molecular weight is 242 g/mol. The van der Waals surface area contributed by atoms with E-state index >= 15 is 0 Å². The van der Waals surface area contributed by atoms with E-state index in [0.29, 0.717) is 6.04 Å². The third kappa shape index (κ3) is 2.22. The Hall–Kier alpha value is -1.15. The van der Waals surface area contributed by atoms with E-state index in [9.17, 15) is 0 Å². The Morgan fingerprint density at radius 3 is 2.94 bits per heavy atom. The summed E-state index contributed by atoms with van der Waals surface area (Å²) < 4.78 is 0. The lowest BCUT2D eigenvalue weighted by molar-refractivity contribution is 0.325. The maximum Gasteiger partial charge on any atom is 0.0570 e. The van der Waals surface area contributed by atoms with E-state index in [-0.39, 0.29) is 0 Å². The van der Waals surface area contributed by atoms with Gasteiger partial charge in [0.2, 0.25) is 0 Å². The quantitative estimate of drug-likeness (QED) is 0.821. The summed E-state index contributed by atoms with van der Waals surface area (Å²) >= 11 is 0. The molecule has 2 aliphatic carbocycles. The number of hydrogen-bond acceptors (Lipinski definition) is 2. The number of allylic oxidation sites excluding steroid dienone is 2. The van der Waals surface area contributed by atoms with Gasteiger partial charge < -0.3 is 5.32 Å². The number of nitrogens with one attached hydrogen (secondary N) is 1. The molecule has 4 atom stereocenters. The summed E-state index contributed by atoms with van der Waals surface area (Å²) in [5, 5.41) is 3.67. The molecular weight excluding hydrogens is 220 g/mol. The van der Waals surface area contributed by atoms with E-state index in [2.05, 4.69) is 42.4 Å². The molecule has 2 bridgehead atoms. The van der Waals surface area contributed by atoms with Crippen LogP contribution in [-0.4, -0.2) is 11.0 Å². The van der Waals surface area contributed by atoms with Gasteiger partial charge in [0.25, 0.3) is 0 Å². The molecule has 0 aromatic carbocycles. The minimum atomic E-state index is 0.589. The summed E-state index contributed by atoms with van der Waals surface area (Å²) in [6.45, 7) is 5.36. The van der Waals surface area contributed by atoms with Crippen molar-refractivity contribution < 1.29 is 0 Å². The highest BCUT2D eigenvalue weighted by atomic mass is 14.9. The van der Waals surface area contributed by atoms with Crippen LogP contribution < -0.4 is 5.32 Å². The molecule has 1 heterocycles. The first-order chi connectivity index (χ1) is 8.74. The smallest absolute Gasteiger partial charge is 0.0570 e. The van der Waals surface area contributed by atoms with Crippen molar-refractivity contribution in [2.24, 2.45) is 17.8 Å². The molecule has 1 N–H and O–H groups in total. The standard InChI is InChI=1S/C16H22N2/c1-11-4-3-7-17-16(11)10-18-12(2)15-9-13-5-6-14(15)8-13/h3-7,12-15,18H,8-10H2,1-2H3. The lowest BCUT2D eigenvalue weighted by Crippen LogP contribution is -2.35. The summed E-state index contributed by atoms with van der Waals surface area (Å²) in [4.78, 5) is 4.45. The van der Waals surface area contributed by atoms with Gasteiger partial charge in [-0.15, -0.1) is 0 Å². The Kier molecular flexibility index (Phi) is 3.21. The van der Waals surface area contributed by atoms with Gasteiger partial charge in [-0.05, 0) is 56.1 Å². The molecule has 96 valence electrons. The molecule has 1 saturated carbocycles. The minimum absolute atomic E-state index is 0.589. The molecule has 3 rings (SSSR count). The molecule has 2 nitrogen and oxygen atoms in total. The number of hydrogen-bond donors (Lipinski definition) is 1. The van der Waals surface area contributed by atoms with Crippen LogP contribution in [0.4, 0.5) is 0 Å². The Bertz CT molecular complexity index is 452. The van der Waals surface area contributed by atoms with E-state index in [1.54, 1.807) is 0 Å². The van der Waals surface area contributed by atoms with Crippen LogP contribution in [0.25, 0.3) is 0 Å². The minimum Gasteiger partial charge on any atom is -0.308 e. The van der Waals surface area contributed by atoms with Crippen molar-refractivity contribution in [2.45, 2.75) is 39.3 Å². The predicted molar refractivity (Wildman–Crippen MR) is 74.1 cm³/mol. The third-order valence-corrected chi connectivity index (χ3v) is 4.68. The van der Waals surface area contributed by atoms with Crippen molar-refractivity contribution in [3.63, 3.8) is 0 Å². The zero-order valence-corrected chi connectivity index (χ0v) is 11.3. The first kappa shape index (κ1) is 11.9. The Morgan fingerprint density at radius 1 is 1.39 bits per heavy atom. The van der Waals surface area contributed by atoms with Crippen molar-refractivity contribution in [1.29, 1.82) is 0 Å². The SMILES string of the molecule is Cc1cccnc1CNC(C)C1CC2C=CC1C2. The summed E-state index contributed by atoms with van der Waals surface area (Å²) in [5.41, 5.74) is 2.47. The molecular formula is C16H22N2. The fourth-order valence-electron chi connectivity index (χ4n) is 3.51. The van der Waals surface area contributed by atoms with Crippen LogP contribution in [0.15, 0.2) is 30.5 Å². The van der Waals surface area contributed by atoms with Gasteiger partial charge in [-0.25, -0.2) is 0 Å². The molecule has 1 fully saturated rings. The number of aromatic nitrogens is 1. The second-order valence-electron chi connectivity index (χ2n) is 5.88. The second kappa shape index (κ2) is 4.85. The largest absolute Gasteiger partial charge is 0.308 e. The highest BCUT2D eigenvalue weighted by Gasteiger charge is 2.38. The predicted octanol–water partition coefficient (Wildman–Crippen LogP) is 3.08. The van der Waals surface area contributed by atoms with Crippen LogP contribution in [-0.2, 0) is 6.54 Å². The van der Waals surface area contributed by atoms with E-state index in [1.807, 2.05) is 12.3 Å². The number of fused-ring (bicyclic) bond motifs is 2. The Balaban J connectivity index is 1.57. The Labute approximate surface area is 110 Å². The van der Waals surface area contributed by atoms with Crippen LogP contribution >= 0.6 is 0 Å². The summed E-state index contributed by atoms with van der Waals surface area (Å²) in [6.07, 6.45) is 9.49. The van der Waals surface area contributed by atoms with Gasteiger partial charge in [0.15, 0.2) is 0 Å². The van der Waals surface area contributed by atoms with Gasteiger partial charge >= 0.3 is 0 Å². The number of pyridine rings is 1. The molecule has 1 aromatic heterocycles. The molecule has 0 amide bonds. The fourth-order valence-corrected chi connectivity index (χ4v) is 3.51. The zero-order valence-electron chi connectivity index (χ0n) is 11.3. The normalized spacial score (nSPS) is 30.9. The van der Waals surface area contributed by atoms with E-state index in [1.165, 1.54) is 24.1 Å². The van der Waals surface area contributed by atoms with E-state index in [0.717, 1.165) is 24.3 Å². The lowest BCUT2D eigenvalue weighted by atomic mass is 9.87. The molecule has 0 aliphatic heterocycles. The van der Waals surface area contributed by atoms with Crippen LogP contribution in [0.1, 0.15) is 31.0 Å². The van der Waals surface area contributed by atoms with Crippen LogP contribution in [0.2, 0.25) is 0 Å². The van der Waals surface area contributed by atoms with Crippen molar-refractivity contribution in [2.75, 3.05) is 0 Å². The van der Waals surface area contributed by atoms with Gasteiger partial charge in [-0.1, -0.05) is 18.2 Å². The van der Waals surface area contributed by atoms with E-state index < -0.39 is 0 Å². The Morgan fingerprint density at radius 2 is 2.28 bits per heavy atom. The monoisotopic (exact) mass is 242 g/mol. The average Bonchev–Trinajstić information content (AvgIpc) is 2.99. The summed E-state index contributed by atoms with van der Waals surface area (Å²) in [5.74, 6) is 2.51. The molecule has 18 heavy (non-hydrogen) atoms. The summed E-state index contributed by atoms with van der Waals surface area (Å²) in [7, 11) is 0. The van der Waals surface area contributed by atoms with Crippen molar-refractivity contribution in [3.8, 4) is 0 Å². The van der Waals surface area contributed by atoms with Crippen molar-refractivity contribution in [1.82, 2.24) is 10.3 Å². The first-order valence-electron chi connectivity index (χ1n) is 7.06. The summed E-state index contributed by atoms with van der Waals surface area (Å²) in [6, 6.07) is 4.73. The van der Waals surface area contributed by atoms with Crippen LogP contribution in [0.3, 0.4) is 0 Å². The second-order valence-corrected chi connectivity index (χ2v) is 5.88. The molecule has 2 heteroatoms. The molecule has 1 aromatic rings. The highest BCUT2D eigenvalue weighted by Crippen LogP contribution is 2.44. The molecule has 4 unspecified atom stereocenters. The number of rotatable bonds is 4. The van der Waals surface area contributed by atoms with Gasteiger partial charge in [-0.2, -0.15) is 0 Å². The first-order valence-corrected chi connectivity index (χ1v) is 7.06. The van der Waals surface area contributed by atoms with Gasteiger partial charge in [0.1, 0.15) is 0 Å². The molecule has 0 saturated heterocycles. The lowest BCUT2D eigenvalue weighted by Gasteiger charge is -2.26. The van der Waals surface area contributed by atoms with Crippen LogP contribution in [0.5, 0.6) is 0 Å². The maximum atomic E-state index is 4.45. The zero-order chi connectivity index (χ0) is 12.5. The molecule has 0 spiro atoms. The molecule has 0 radical (unpaired) electrons. The van der Waals surface area contributed by atoms with Gasteiger partial charge in [0, 0.05) is 18.8 Å². The van der Waals surface area contributed by atoms with Crippen LogP contribution in [0, 0.1) is 24.7 Å². The number of nitrogens with zero attached hydrogens (tertiary/aromatic N) is 1. The van der Waals surface area contributed by atoms with Gasteiger partial charge in [-0.3, -0.25) is 4.98 Å². The highest BCUT2D eigenvalue weighted by molar-refractivity contribution is 5.17. The van der Waals surface area contributed by atoms with Crippen molar-refractivity contribution in [3.05, 3.63) is 41.7 Å². The number of aryl methyl sites for hydroxylation is 1.